The van der Waals surface area contributed by atoms with Gasteiger partial charge in [0.1, 0.15) is 4.83 Å². The molecule has 0 atom stereocenters. The molecular weight excluding hydrogens is 424 g/mol. The third kappa shape index (κ3) is 4.05. The number of allylic oxidation sites excluding steroid dienone is 1. The van der Waals surface area contributed by atoms with E-state index in [2.05, 4.69) is 29.0 Å². The van der Waals surface area contributed by atoms with Crippen molar-refractivity contribution in [3.05, 3.63) is 51.7 Å². The number of aromatic nitrogens is 6. The second-order valence-electron chi connectivity index (χ2n) is 6.37. The monoisotopic (exact) mass is 444 g/mol. The Balaban J connectivity index is 1.69. The van der Waals surface area contributed by atoms with Gasteiger partial charge in [0.25, 0.3) is 5.56 Å². The number of thioether (sulfide) groups is 1. The van der Waals surface area contributed by atoms with Gasteiger partial charge >= 0.3 is 0 Å². The standard InChI is InChI=1S/C19H20N6OS3/c1-3-5-9-25-15(21-22-23-25)12-29-19-20-17-16(18(26)24(19)8-4-2)13(11-28-17)14-7-6-10-27-14/h4,6-7,10-11H,2-3,5,8-9,12H2,1H3. The largest absolute Gasteiger partial charge is 0.283 e. The van der Waals surface area contributed by atoms with Crippen LogP contribution in [0.4, 0.5) is 0 Å². The van der Waals surface area contributed by atoms with Crippen LogP contribution in [0.5, 0.6) is 0 Å². The number of tetrazole rings is 1. The van der Waals surface area contributed by atoms with E-state index < -0.39 is 0 Å². The van der Waals surface area contributed by atoms with Gasteiger partial charge in [-0.05, 0) is 28.3 Å². The maximum atomic E-state index is 13.3. The third-order valence-corrected chi connectivity index (χ3v) is 7.16. The summed E-state index contributed by atoms with van der Waals surface area (Å²) in [4.78, 5) is 19.9. The fourth-order valence-corrected chi connectivity index (χ4v) is 5.70. The molecule has 10 heteroatoms. The molecule has 7 nitrogen and oxygen atoms in total. The van der Waals surface area contributed by atoms with E-state index in [4.69, 9.17) is 4.98 Å². The van der Waals surface area contributed by atoms with Crippen molar-refractivity contribution in [2.45, 2.75) is 43.8 Å². The second-order valence-corrected chi connectivity index (χ2v) is 9.11. The van der Waals surface area contributed by atoms with Crippen molar-refractivity contribution in [1.29, 1.82) is 0 Å². The van der Waals surface area contributed by atoms with Gasteiger partial charge in [-0.1, -0.05) is 37.2 Å². The van der Waals surface area contributed by atoms with Gasteiger partial charge in [0.05, 0.1) is 11.1 Å². The van der Waals surface area contributed by atoms with E-state index in [1.807, 2.05) is 27.6 Å². The average molecular weight is 445 g/mol. The van der Waals surface area contributed by atoms with E-state index in [1.54, 1.807) is 22.0 Å². The molecule has 150 valence electrons. The molecule has 0 saturated carbocycles. The molecule has 0 saturated heterocycles. The second kappa shape index (κ2) is 9.02. The van der Waals surface area contributed by atoms with E-state index in [0.717, 1.165) is 40.5 Å². The lowest BCUT2D eigenvalue weighted by atomic mass is 10.2. The molecule has 0 fully saturated rings. The van der Waals surface area contributed by atoms with Gasteiger partial charge in [0.15, 0.2) is 11.0 Å². The van der Waals surface area contributed by atoms with Crippen LogP contribution in [0.3, 0.4) is 0 Å². The quantitative estimate of drug-likeness (QED) is 0.216. The molecule has 0 bridgehead atoms. The van der Waals surface area contributed by atoms with Crippen molar-refractivity contribution >= 4 is 44.7 Å². The van der Waals surface area contributed by atoms with Gasteiger partial charge in [-0.3, -0.25) is 9.36 Å². The van der Waals surface area contributed by atoms with Crippen LogP contribution in [0.15, 0.2) is 45.5 Å². The van der Waals surface area contributed by atoms with E-state index >= 15 is 0 Å². The fraction of sp³-hybridized carbons (Fsp3) is 0.316. The summed E-state index contributed by atoms with van der Waals surface area (Å²) < 4.78 is 3.51. The first kappa shape index (κ1) is 20.0. The molecular formula is C19H20N6OS3. The molecule has 4 aromatic rings. The van der Waals surface area contributed by atoms with E-state index in [9.17, 15) is 4.79 Å². The topological polar surface area (TPSA) is 78.5 Å². The van der Waals surface area contributed by atoms with Gasteiger partial charge in [-0.2, -0.15) is 0 Å². The molecule has 0 spiro atoms. The van der Waals surface area contributed by atoms with Crippen molar-refractivity contribution in [3.63, 3.8) is 0 Å². The Morgan fingerprint density at radius 3 is 3.00 bits per heavy atom. The van der Waals surface area contributed by atoms with Crippen LogP contribution >= 0.6 is 34.4 Å². The number of nitrogens with zero attached hydrogens (tertiary/aromatic N) is 6. The number of hydrogen-bond acceptors (Lipinski definition) is 8. The number of aryl methyl sites for hydroxylation is 1. The highest BCUT2D eigenvalue weighted by Crippen LogP contribution is 2.34. The molecule has 0 N–H and O–H groups in total. The van der Waals surface area contributed by atoms with Crippen LogP contribution in [0.1, 0.15) is 25.6 Å². The van der Waals surface area contributed by atoms with Crippen molar-refractivity contribution in [3.8, 4) is 10.4 Å². The summed E-state index contributed by atoms with van der Waals surface area (Å²) in [7, 11) is 0. The molecule has 4 rings (SSSR count). The first-order valence-electron chi connectivity index (χ1n) is 9.27. The van der Waals surface area contributed by atoms with Crippen molar-refractivity contribution in [2.75, 3.05) is 0 Å². The molecule has 0 amide bonds. The van der Waals surface area contributed by atoms with Crippen LogP contribution in [-0.2, 0) is 18.8 Å². The van der Waals surface area contributed by atoms with Gasteiger partial charge in [0.2, 0.25) is 0 Å². The molecule has 0 radical (unpaired) electrons. The van der Waals surface area contributed by atoms with Gasteiger partial charge in [-0.15, -0.1) is 34.4 Å². The zero-order valence-corrected chi connectivity index (χ0v) is 18.4. The molecule has 0 aliphatic carbocycles. The molecule has 4 aromatic heterocycles. The minimum absolute atomic E-state index is 0.0346. The number of unbranched alkanes of at least 4 members (excludes halogenated alkanes) is 1. The maximum Gasteiger partial charge on any atom is 0.263 e. The molecule has 0 aliphatic heterocycles. The summed E-state index contributed by atoms with van der Waals surface area (Å²) in [6.07, 6.45) is 3.82. The summed E-state index contributed by atoms with van der Waals surface area (Å²) >= 11 is 4.61. The number of hydrogen-bond donors (Lipinski definition) is 0. The normalized spacial score (nSPS) is 11.3. The maximum absolute atomic E-state index is 13.3. The van der Waals surface area contributed by atoms with Crippen molar-refractivity contribution in [1.82, 2.24) is 29.8 Å². The number of thiophene rings is 2. The summed E-state index contributed by atoms with van der Waals surface area (Å²) in [5, 5.41) is 17.4. The predicted molar refractivity (Wildman–Crippen MR) is 120 cm³/mol. The lowest BCUT2D eigenvalue weighted by molar-refractivity contribution is 0.540. The molecule has 0 aromatic carbocycles. The molecule has 0 unspecified atom stereocenters. The van der Waals surface area contributed by atoms with E-state index in [-0.39, 0.29) is 5.56 Å². The van der Waals surface area contributed by atoms with Crippen LogP contribution in [0, 0.1) is 0 Å². The molecule has 0 aliphatic rings. The SMILES string of the molecule is C=CCn1c(SCc2nnnn2CCCC)nc2scc(-c3cccs3)c2c1=O. The number of fused-ring (bicyclic) bond motifs is 1. The highest BCUT2D eigenvalue weighted by atomic mass is 32.2. The average Bonchev–Trinajstić information content (AvgIpc) is 3.47. The summed E-state index contributed by atoms with van der Waals surface area (Å²) in [6, 6.07) is 4.02. The Bertz CT molecular complexity index is 1170. The van der Waals surface area contributed by atoms with Gasteiger partial charge < -0.3 is 0 Å². The van der Waals surface area contributed by atoms with Crippen LogP contribution in [-0.4, -0.2) is 29.8 Å². The van der Waals surface area contributed by atoms with E-state index in [1.165, 1.54) is 23.1 Å². The smallest absolute Gasteiger partial charge is 0.263 e. The number of rotatable bonds is 9. The van der Waals surface area contributed by atoms with Crippen LogP contribution in [0.2, 0.25) is 0 Å². The zero-order valence-electron chi connectivity index (χ0n) is 15.9. The zero-order chi connectivity index (χ0) is 20.2. The summed E-state index contributed by atoms with van der Waals surface area (Å²) in [6.45, 7) is 7.14. The van der Waals surface area contributed by atoms with Crippen molar-refractivity contribution in [2.24, 2.45) is 0 Å². The van der Waals surface area contributed by atoms with Crippen LogP contribution in [0.25, 0.3) is 20.7 Å². The highest BCUT2D eigenvalue weighted by Gasteiger charge is 2.18. The fourth-order valence-electron chi connectivity index (χ4n) is 2.96. The summed E-state index contributed by atoms with van der Waals surface area (Å²) in [5.74, 6) is 1.34. The first-order chi connectivity index (χ1) is 14.2. The Kier molecular flexibility index (Phi) is 6.22. The molecule has 4 heterocycles. The Morgan fingerprint density at radius 2 is 2.24 bits per heavy atom. The van der Waals surface area contributed by atoms with E-state index in [0.29, 0.717) is 22.8 Å². The lowest BCUT2D eigenvalue weighted by Gasteiger charge is -2.10. The van der Waals surface area contributed by atoms with Crippen LogP contribution < -0.4 is 5.56 Å². The lowest BCUT2D eigenvalue weighted by Crippen LogP contribution is -2.22. The highest BCUT2D eigenvalue weighted by molar-refractivity contribution is 7.98. The van der Waals surface area contributed by atoms with Crippen molar-refractivity contribution < 1.29 is 0 Å². The molecule has 29 heavy (non-hydrogen) atoms. The predicted octanol–water partition coefficient (Wildman–Crippen LogP) is 4.45. The minimum atomic E-state index is -0.0346. The first-order valence-corrected chi connectivity index (χ1v) is 12.0. The summed E-state index contributed by atoms with van der Waals surface area (Å²) in [5.41, 5.74) is 0.919. The van der Waals surface area contributed by atoms with Gasteiger partial charge in [-0.25, -0.2) is 9.67 Å². The minimum Gasteiger partial charge on any atom is -0.283 e. The Labute approximate surface area is 180 Å². The third-order valence-electron chi connectivity index (χ3n) is 4.42. The Hall–Kier alpha value is -2.30. The Morgan fingerprint density at radius 1 is 1.34 bits per heavy atom. The van der Waals surface area contributed by atoms with Gasteiger partial charge in [0, 0.05) is 28.9 Å².